The summed E-state index contributed by atoms with van der Waals surface area (Å²) in [6, 6.07) is 7.05. The van der Waals surface area contributed by atoms with Crippen molar-refractivity contribution in [1.82, 2.24) is 29.4 Å². The van der Waals surface area contributed by atoms with Crippen LogP contribution in [0.15, 0.2) is 36.7 Å². The molecule has 0 aliphatic carbocycles. The standard InChI is InChI=1S/C17H14F3N7/c1-9-6-13(17(18,19)20)27-14(22-9)7-12(24-27)15-23-16-10-4-2-3-5-11(10)21-8-26(16)25-15/h2-5,7-9,13,22H,6H2,1H3/t9-,13+/m0/s1. The lowest BCUT2D eigenvalue weighted by atomic mass is 10.1. The van der Waals surface area contributed by atoms with Crippen LogP contribution in [0.3, 0.4) is 0 Å². The smallest absolute Gasteiger partial charge is 0.368 e. The average molecular weight is 373 g/mol. The highest BCUT2D eigenvalue weighted by Crippen LogP contribution is 2.40. The lowest BCUT2D eigenvalue weighted by Gasteiger charge is -2.31. The number of anilines is 1. The van der Waals surface area contributed by atoms with Crippen molar-refractivity contribution < 1.29 is 13.2 Å². The van der Waals surface area contributed by atoms with Crippen molar-refractivity contribution in [3.63, 3.8) is 0 Å². The molecule has 0 saturated heterocycles. The molecule has 138 valence electrons. The number of aromatic nitrogens is 6. The van der Waals surface area contributed by atoms with E-state index in [0.717, 1.165) is 15.6 Å². The molecule has 0 bridgehead atoms. The molecule has 0 radical (unpaired) electrons. The van der Waals surface area contributed by atoms with Crippen LogP contribution in [0.1, 0.15) is 19.4 Å². The van der Waals surface area contributed by atoms with E-state index in [-0.39, 0.29) is 24.0 Å². The fraction of sp³-hybridized carbons (Fsp3) is 0.294. The lowest BCUT2D eigenvalue weighted by Crippen LogP contribution is -2.37. The molecule has 0 unspecified atom stereocenters. The summed E-state index contributed by atoms with van der Waals surface area (Å²) in [6.07, 6.45) is -2.92. The normalized spacial score (nSPS) is 20.0. The number of rotatable bonds is 1. The molecule has 7 nitrogen and oxygen atoms in total. The molecule has 1 aromatic carbocycles. The molecular formula is C17H14F3N7. The Morgan fingerprint density at radius 2 is 2.00 bits per heavy atom. The largest absolute Gasteiger partial charge is 0.410 e. The van der Waals surface area contributed by atoms with Crippen LogP contribution >= 0.6 is 0 Å². The van der Waals surface area contributed by atoms with Crippen LogP contribution in [0.5, 0.6) is 0 Å². The second kappa shape index (κ2) is 5.41. The summed E-state index contributed by atoms with van der Waals surface area (Å²) < 4.78 is 42.7. The van der Waals surface area contributed by atoms with Crippen LogP contribution in [-0.2, 0) is 0 Å². The molecule has 0 saturated carbocycles. The van der Waals surface area contributed by atoms with E-state index in [1.165, 1.54) is 10.8 Å². The van der Waals surface area contributed by atoms with Crippen molar-refractivity contribution in [3.8, 4) is 11.5 Å². The number of benzene rings is 1. The van der Waals surface area contributed by atoms with E-state index in [4.69, 9.17) is 0 Å². The number of para-hydroxylation sites is 1. The molecule has 1 N–H and O–H groups in total. The van der Waals surface area contributed by atoms with E-state index < -0.39 is 12.2 Å². The molecule has 2 atom stereocenters. The van der Waals surface area contributed by atoms with Crippen molar-refractivity contribution in [2.75, 3.05) is 5.32 Å². The number of hydrogen-bond donors (Lipinski definition) is 1. The van der Waals surface area contributed by atoms with Gasteiger partial charge in [0.15, 0.2) is 11.7 Å². The molecule has 4 heterocycles. The Kier molecular flexibility index (Phi) is 3.22. The van der Waals surface area contributed by atoms with E-state index in [0.29, 0.717) is 11.5 Å². The quantitative estimate of drug-likeness (QED) is 0.553. The fourth-order valence-corrected chi connectivity index (χ4v) is 3.46. The van der Waals surface area contributed by atoms with Gasteiger partial charge in [0.25, 0.3) is 0 Å². The minimum Gasteiger partial charge on any atom is -0.368 e. The first-order valence-electron chi connectivity index (χ1n) is 8.43. The Labute approximate surface area is 150 Å². The van der Waals surface area contributed by atoms with Crippen LogP contribution in [0.25, 0.3) is 28.1 Å². The summed E-state index contributed by atoms with van der Waals surface area (Å²) >= 11 is 0. The minimum atomic E-state index is -4.37. The fourth-order valence-electron chi connectivity index (χ4n) is 3.46. The first-order chi connectivity index (χ1) is 12.9. The first-order valence-corrected chi connectivity index (χ1v) is 8.43. The highest BCUT2D eigenvalue weighted by molar-refractivity contribution is 5.91. The van der Waals surface area contributed by atoms with Crippen molar-refractivity contribution in [3.05, 3.63) is 36.7 Å². The molecule has 0 amide bonds. The molecule has 0 fully saturated rings. The van der Waals surface area contributed by atoms with Gasteiger partial charge in [0.05, 0.1) is 5.52 Å². The third-order valence-electron chi connectivity index (χ3n) is 4.69. The number of hydrogen-bond acceptors (Lipinski definition) is 5. The number of nitrogens with one attached hydrogen (secondary N) is 1. The van der Waals surface area contributed by atoms with E-state index in [9.17, 15) is 13.2 Å². The maximum absolute atomic E-state index is 13.4. The topological polar surface area (TPSA) is 72.9 Å². The van der Waals surface area contributed by atoms with Gasteiger partial charge in [-0.25, -0.2) is 19.2 Å². The molecule has 27 heavy (non-hydrogen) atoms. The zero-order valence-corrected chi connectivity index (χ0v) is 14.1. The number of alkyl halides is 3. The number of fused-ring (bicyclic) bond motifs is 4. The van der Waals surface area contributed by atoms with Crippen molar-refractivity contribution in [1.29, 1.82) is 0 Å². The molecule has 10 heteroatoms. The van der Waals surface area contributed by atoms with E-state index >= 15 is 0 Å². The van der Waals surface area contributed by atoms with Gasteiger partial charge in [-0.05, 0) is 25.5 Å². The van der Waals surface area contributed by atoms with E-state index in [1.54, 1.807) is 13.0 Å². The number of nitrogens with zero attached hydrogens (tertiary/aromatic N) is 6. The van der Waals surface area contributed by atoms with Crippen LogP contribution in [0.2, 0.25) is 0 Å². The zero-order valence-electron chi connectivity index (χ0n) is 14.1. The molecular weight excluding hydrogens is 359 g/mol. The molecule has 5 rings (SSSR count). The first kappa shape index (κ1) is 16.0. The SMILES string of the molecule is C[C@H]1C[C@H](C(F)(F)F)n2nc(-c3nc4c5ccccc5ncn4n3)cc2N1. The zero-order chi connectivity index (χ0) is 18.8. The Hall–Kier alpha value is -3.17. The minimum absolute atomic E-state index is 0.0786. The predicted molar refractivity (Wildman–Crippen MR) is 92.3 cm³/mol. The highest BCUT2D eigenvalue weighted by atomic mass is 19.4. The number of halogens is 3. The van der Waals surface area contributed by atoms with Gasteiger partial charge in [-0.2, -0.15) is 18.3 Å². The Balaban J connectivity index is 1.65. The molecule has 1 aliphatic rings. The Bertz CT molecular complexity index is 1160. The van der Waals surface area contributed by atoms with Gasteiger partial charge < -0.3 is 5.32 Å². The van der Waals surface area contributed by atoms with Gasteiger partial charge in [-0.1, -0.05) is 12.1 Å². The summed E-state index contributed by atoms with van der Waals surface area (Å²) in [4.78, 5) is 8.80. The van der Waals surface area contributed by atoms with Crippen LogP contribution in [0.4, 0.5) is 19.0 Å². The van der Waals surface area contributed by atoms with Gasteiger partial charge >= 0.3 is 6.18 Å². The predicted octanol–water partition coefficient (Wildman–Crippen LogP) is 3.45. The summed E-state index contributed by atoms with van der Waals surface area (Å²) in [5, 5.41) is 12.3. The van der Waals surface area contributed by atoms with Crippen LogP contribution in [0, 0.1) is 0 Å². The average Bonchev–Trinajstić information content (AvgIpc) is 3.23. The molecule has 0 spiro atoms. The summed E-state index contributed by atoms with van der Waals surface area (Å²) in [6.45, 7) is 1.72. The third-order valence-corrected chi connectivity index (χ3v) is 4.69. The maximum Gasteiger partial charge on any atom is 0.410 e. The second-order valence-corrected chi connectivity index (χ2v) is 6.66. The van der Waals surface area contributed by atoms with Gasteiger partial charge in [0, 0.05) is 17.5 Å². The summed E-state index contributed by atoms with van der Waals surface area (Å²) in [5.74, 6) is 0.568. The Morgan fingerprint density at radius 1 is 1.19 bits per heavy atom. The summed E-state index contributed by atoms with van der Waals surface area (Å²) in [7, 11) is 0. The van der Waals surface area contributed by atoms with Crippen molar-refractivity contribution >= 4 is 22.4 Å². The van der Waals surface area contributed by atoms with Gasteiger partial charge in [0.2, 0.25) is 5.82 Å². The maximum atomic E-state index is 13.4. The van der Waals surface area contributed by atoms with E-state index in [2.05, 4.69) is 25.5 Å². The second-order valence-electron chi connectivity index (χ2n) is 6.66. The molecule has 3 aromatic heterocycles. The lowest BCUT2D eigenvalue weighted by molar-refractivity contribution is -0.173. The highest BCUT2D eigenvalue weighted by Gasteiger charge is 2.45. The van der Waals surface area contributed by atoms with Crippen LogP contribution < -0.4 is 5.32 Å². The van der Waals surface area contributed by atoms with Gasteiger partial charge in [-0.15, -0.1) is 5.10 Å². The molecule has 1 aliphatic heterocycles. The van der Waals surface area contributed by atoms with E-state index in [1.807, 2.05) is 24.3 Å². The summed E-state index contributed by atoms with van der Waals surface area (Å²) in [5.41, 5.74) is 1.63. The third kappa shape index (κ3) is 2.51. The van der Waals surface area contributed by atoms with Crippen molar-refractivity contribution in [2.45, 2.75) is 31.6 Å². The van der Waals surface area contributed by atoms with Crippen molar-refractivity contribution in [2.24, 2.45) is 0 Å². The van der Waals surface area contributed by atoms with Crippen LogP contribution in [-0.4, -0.2) is 41.6 Å². The Morgan fingerprint density at radius 3 is 2.81 bits per heavy atom. The monoisotopic (exact) mass is 373 g/mol. The molecule has 4 aromatic rings. The van der Waals surface area contributed by atoms with Gasteiger partial charge in [-0.3, -0.25) is 0 Å². The van der Waals surface area contributed by atoms with Gasteiger partial charge in [0.1, 0.15) is 17.8 Å².